The van der Waals surface area contributed by atoms with E-state index < -0.39 is 0 Å². The number of thioether (sulfide) groups is 1. The molecule has 3 aromatic rings. The zero-order chi connectivity index (χ0) is 18.9. The molecule has 1 N–H and O–H groups in total. The summed E-state index contributed by atoms with van der Waals surface area (Å²) >= 11 is 1.26. The Morgan fingerprint density at radius 3 is 2.41 bits per heavy atom. The third-order valence-corrected chi connectivity index (χ3v) is 4.91. The van der Waals surface area contributed by atoms with Crippen molar-refractivity contribution in [3.05, 3.63) is 77.7 Å². The summed E-state index contributed by atoms with van der Waals surface area (Å²) < 4.78 is 5.61. The van der Waals surface area contributed by atoms with Gasteiger partial charge in [-0.3, -0.25) is 4.79 Å². The second kappa shape index (κ2) is 9.92. The Morgan fingerprint density at radius 2 is 1.70 bits per heavy atom. The van der Waals surface area contributed by atoms with Gasteiger partial charge >= 0.3 is 0 Å². The van der Waals surface area contributed by atoms with Crippen LogP contribution in [0.3, 0.4) is 0 Å². The van der Waals surface area contributed by atoms with Crippen LogP contribution in [0.4, 0.5) is 0 Å². The highest BCUT2D eigenvalue weighted by molar-refractivity contribution is 7.99. The van der Waals surface area contributed by atoms with E-state index in [1.54, 1.807) is 0 Å². The van der Waals surface area contributed by atoms with E-state index >= 15 is 0 Å². The fourth-order valence-electron chi connectivity index (χ4n) is 2.68. The maximum absolute atomic E-state index is 12.1. The Balaban J connectivity index is 1.38. The molecular weight excluding hydrogens is 358 g/mol. The Labute approximate surface area is 163 Å². The molecule has 27 heavy (non-hydrogen) atoms. The highest BCUT2D eigenvalue weighted by atomic mass is 32.2. The van der Waals surface area contributed by atoms with E-state index in [4.69, 9.17) is 4.42 Å². The molecule has 2 aromatic carbocycles. The fraction of sp³-hybridized carbons (Fsp3) is 0.286. The molecule has 0 unspecified atom stereocenters. The van der Waals surface area contributed by atoms with E-state index in [1.807, 2.05) is 55.5 Å². The molecule has 3 rings (SSSR count). The number of aromatic nitrogens is 2. The van der Waals surface area contributed by atoms with Gasteiger partial charge in [0.1, 0.15) is 0 Å². The van der Waals surface area contributed by atoms with Gasteiger partial charge in [-0.15, -0.1) is 10.2 Å². The van der Waals surface area contributed by atoms with Gasteiger partial charge < -0.3 is 9.73 Å². The van der Waals surface area contributed by atoms with E-state index in [0.29, 0.717) is 17.5 Å². The Hall–Kier alpha value is -2.60. The van der Waals surface area contributed by atoms with Crippen molar-refractivity contribution >= 4 is 17.7 Å². The molecule has 6 heteroatoms. The van der Waals surface area contributed by atoms with Crippen molar-refractivity contribution in [3.8, 4) is 0 Å². The van der Waals surface area contributed by atoms with E-state index in [9.17, 15) is 4.79 Å². The van der Waals surface area contributed by atoms with Crippen LogP contribution >= 0.6 is 11.8 Å². The molecule has 1 aromatic heterocycles. The highest BCUT2D eigenvalue weighted by Gasteiger charge is 2.12. The minimum atomic E-state index is -0.0247. The lowest BCUT2D eigenvalue weighted by Gasteiger charge is -2.13. The molecule has 0 aliphatic rings. The number of hydrogen-bond acceptors (Lipinski definition) is 5. The van der Waals surface area contributed by atoms with Crippen molar-refractivity contribution in [2.75, 3.05) is 5.75 Å². The largest absolute Gasteiger partial charge is 0.416 e. The standard InChI is InChI=1S/C21H23N3O2S/c1-16(12-13-17-8-4-2-5-9-17)22-19(25)15-27-21-24-23-20(26-21)14-18-10-6-3-7-11-18/h2-11,16H,12-15H2,1H3,(H,22,25)/t16-/m1/s1. The average Bonchev–Trinajstić information content (AvgIpc) is 3.14. The highest BCUT2D eigenvalue weighted by Crippen LogP contribution is 2.17. The molecular formula is C21H23N3O2S. The number of carbonyl (C=O) groups excluding carboxylic acids is 1. The lowest BCUT2D eigenvalue weighted by molar-refractivity contribution is -0.119. The monoisotopic (exact) mass is 381 g/mol. The van der Waals surface area contributed by atoms with Crippen molar-refractivity contribution in [2.24, 2.45) is 0 Å². The van der Waals surface area contributed by atoms with Crippen LogP contribution in [-0.4, -0.2) is 27.9 Å². The van der Waals surface area contributed by atoms with E-state index in [0.717, 1.165) is 18.4 Å². The first-order valence-electron chi connectivity index (χ1n) is 9.01. The van der Waals surface area contributed by atoms with Gasteiger partial charge in [-0.05, 0) is 30.9 Å². The second-order valence-corrected chi connectivity index (χ2v) is 7.33. The smallest absolute Gasteiger partial charge is 0.277 e. The van der Waals surface area contributed by atoms with Crippen molar-refractivity contribution in [1.82, 2.24) is 15.5 Å². The third-order valence-electron chi connectivity index (χ3n) is 4.09. The predicted octanol–water partition coefficient (Wildman–Crippen LogP) is 3.89. The molecule has 0 spiro atoms. The molecule has 0 aliphatic carbocycles. The van der Waals surface area contributed by atoms with Gasteiger partial charge in [0.05, 0.1) is 12.2 Å². The van der Waals surface area contributed by atoms with Crippen molar-refractivity contribution in [1.29, 1.82) is 0 Å². The van der Waals surface area contributed by atoms with Crippen LogP contribution in [0.2, 0.25) is 0 Å². The fourth-order valence-corrected chi connectivity index (χ4v) is 3.27. The SMILES string of the molecule is C[C@H](CCc1ccccc1)NC(=O)CSc1nnc(Cc2ccccc2)o1. The first-order chi connectivity index (χ1) is 13.2. The molecule has 1 heterocycles. The summed E-state index contributed by atoms with van der Waals surface area (Å²) in [5, 5.41) is 11.5. The summed E-state index contributed by atoms with van der Waals surface area (Å²) in [4.78, 5) is 12.1. The van der Waals surface area contributed by atoms with E-state index in [-0.39, 0.29) is 17.7 Å². The Bertz CT molecular complexity index is 837. The summed E-state index contributed by atoms with van der Waals surface area (Å²) in [6, 6.07) is 20.4. The summed E-state index contributed by atoms with van der Waals surface area (Å²) in [6.07, 6.45) is 2.45. The minimum absolute atomic E-state index is 0.0247. The minimum Gasteiger partial charge on any atom is -0.416 e. The van der Waals surface area contributed by atoms with Crippen LogP contribution in [0.5, 0.6) is 0 Å². The Morgan fingerprint density at radius 1 is 1.04 bits per heavy atom. The number of rotatable bonds is 9. The third kappa shape index (κ3) is 6.57. The topological polar surface area (TPSA) is 68.0 Å². The zero-order valence-electron chi connectivity index (χ0n) is 15.3. The summed E-state index contributed by atoms with van der Waals surface area (Å²) in [5.74, 6) is 0.798. The van der Waals surface area contributed by atoms with Crippen LogP contribution in [0.25, 0.3) is 0 Å². The number of benzene rings is 2. The first-order valence-corrected chi connectivity index (χ1v) is 10.00. The number of nitrogens with zero attached hydrogens (tertiary/aromatic N) is 2. The van der Waals surface area contributed by atoms with Crippen molar-refractivity contribution in [3.63, 3.8) is 0 Å². The summed E-state index contributed by atoms with van der Waals surface area (Å²) in [6.45, 7) is 2.02. The number of amides is 1. The molecule has 0 radical (unpaired) electrons. The molecule has 0 bridgehead atoms. The number of carbonyl (C=O) groups is 1. The lowest BCUT2D eigenvalue weighted by Crippen LogP contribution is -2.34. The molecule has 5 nitrogen and oxygen atoms in total. The molecule has 0 saturated carbocycles. The van der Waals surface area contributed by atoms with Gasteiger partial charge in [0.2, 0.25) is 11.8 Å². The zero-order valence-corrected chi connectivity index (χ0v) is 16.1. The molecule has 140 valence electrons. The van der Waals surface area contributed by atoms with Gasteiger partial charge in [0.25, 0.3) is 5.22 Å². The quantitative estimate of drug-likeness (QED) is 0.570. The molecule has 0 fully saturated rings. The summed E-state index contributed by atoms with van der Waals surface area (Å²) in [7, 11) is 0. The molecule has 1 amide bonds. The van der Waals surface area contributed by atoms with Gasteiger partial charge in [-0.2, -0.15) is 0 Å². The maximum Gasteiger partial charge on any atom is 0.277 e. The second-order valence-electron chi connectivity index (χ2n) is 6.41. The number of nitrogens with one attached hydrogen (secondary N) is 1. The lowest BCUT2D eigenvalue weighted by atomic mass is 10.1. The molecule has 0 aliphatic heterocycles. The van der Waals surface area contributed by atoms with Crippen LogP contribution in [0, 0.1) is 0 Å². The molecule has 1 atom stereocenters. The normalized spacial score (nSPS) is 11.9. The van der Waals surface area contributed by atoms with Gasteiger partial charge in [-0.25, -0.2) is 0 Å². The van der Waals surface area contributed by atoms with Crippen LogP contribution in [-0.2, 0) is 17.6 Å². The van der Waals surface area contributed by atoms with Gasteiger partial charge in [0.15, 0.2) is 0 Å². The predicted molar refractivity (Wildman–Crippen MR) is 107 cm³/mol. The summed E-state index contributed by atoms with van der Waals surface area (Å²) in [5.41, 5.74) is 2.40. The van der Waals surface area contributed by atoms with Crippen LogP contribution < -0.4 is 5.32 Å². The van der Waals surface area contributed by atoms with E-state index in [1.165, 1.54) is 17.3 Å². The van der Waals surface area contributed by atoms with E-state index in [2.05, 4.69) is 27.6 Å². The van der Waals surface area contributed by atoms with Crippen molar-refractivity contribution in [2.45, 2.75) is 37.5 Å². The average molecular weight is 382 g/mol. The van der Waals surface area contributed by atoms with Crippen molar-refractivity contribution < 1.29 is 9.21 Å². The number of aryl methyl sites for hydroxylation is 1. The van der Waals surface area contributed by atoms with Gasteiger partial charge in [0, 0.05) is 6.04 Å². The van der Waals surface area contributed by atoms with Crippen LogP contribution in [0.1, 0.15) is 30.4 Å². The van der Waals surface area contributed by atoms with Crippen LogP contribution in [0.15, 0.2) is 70.3 Å². The Kier molecular flexibility index (Phi) is 7.04. The molecule has 0 saturated heterocycles. The maximum atomic E-state index is 12.1. The number of hydrogen-bond donors (Lipinski definition) is 1. The first kappa shape index (κ1) is 19.2. The van der Waals surface area contributed by atoms with Gasteiger partial charge in [-0.1, -0.05) is 72.4 Å².